The molecule has 126 valence electrons. The second-order valence-corrected chi connectivity index (χ2v) is 6.22. The van der Waals surface area contributed by atoms with Gasteiger partial charge in [-0.3, -0.25) is 4.79 Å². The Bertz CT molecular complexity index is 688. The van der Waals surface area contributed by atoms with Crippen LogP contribution >= 0.6 is 12.2 Å². The highest BCUT2D eigenvalue weighted by molar-refractivity contribution is 7.80. The largest absolute Gasteiger partial charge is 0.389 e. The van der Waals surface area contributed by atoms with Crippen LogP contribution in [-0.4, -0.2) is 35.9 Å². The van der Waals surface area contributed by atoms with Crippen molar-refractivity contribution in [2.75, 3.05) is 20.1 Å². The third-order valence-corrected chi connectivity index (χ3v) is 3.94. The Labute approximate surface area is 148 Å². The minimum Gasteiger partial charge on any atom is -0.389 e. The lowest BCUT2D eigenvalue weighted by atomic mass is 10.1. The molecule has 0 spiro atoms. The summed E-state index contributed by atoms with van der Waals surface area (Å²) >= 11 is 4.94. The van der Waals surface area contributed by atoms with Crippen molar-refractivity contribution in [3.8, 4) is 0 Å². The highest BCUT2D eigenvalue weighted by atomic mass is 32.1. The fourth-order valence-electron chi connectivity index (χ4n) is 2.44. The standard InChI is InChI=1S/C19H23N3OS/c1-22(14-15-7-3-2-4-8-15)12-6-11-21-19(23)17-10-5-9-16(13-17)18(20)24/h2-5,7-10,13H,6,11-12,14H2,1H3,(H2,20,24)(H,21,23). The van der Waals surface area contributed by atoms with Gasteiger partial charge < -0.3 is 16.0 Å². The topological polar surface area (TPSA) is 58.4 Å². The lowest BCUT2D eigenvalue weighted by molar-refractivity contribution is 0.0952. The van der Waals surface area contributed by atoms with Crippen molar-refractivity contribution in [1.29, 1.82) is 0 Å². The molecule has 0 aromatic heterocycles. The predicted octanol–water partition coefficient (Wildman–Crippen LogP) is 2.57. The third-order valence-electron chi connectivity index (χ3n) is 3.71. The number of nitrogens with one attached hydrogen (secondary N) is 1. The van der Waals surface area contributed by atoms with Crippen LogP contribution in [0, 0.1) is 0 Å². The SMILES string of the molecule is CN(CCCNC(=O)c1cccc(C(N)=S)c1)Cc1ccccc1. The molecule has 4 nitrogen and oxygen atoms in total. The molecule has 0 atom stereocenters. The van der Waals surface area contributed by atoms with Gasteiger partial charge >= 0.3 is 0 Å². The average molecular weight is 341 g/mol. The third kappa shape index (κ3) is 5.76. The van der Waals surface area contributed by atoms with E-state index in [0.29, 0.717) is 22.7 Å². The number of carbonyl (C=O) groups excluding carboxylic acids is 1. The maximum Gasteiger partial charge on any atom is 0.251 e. The Hall–Kier alpha value is -2.24. The molecular weight excluding hydrogens is 318 g/mol. The summed E-state index contributed by atoms with van der Waals surface area (Å²) < 4.78 is 0. The Balaban J connectivity index is 1.73. The van der Waals surface area contributed by atoms with Crippen LogP contribution in [0.3, 0.4) is 0 Å². The van der Waals surface area contributed by atoms with Gasteiger partial charge in [0.2, 0.25) is 0 Å². The fraction of sp³-hybridized carbons (Fsp3) is 0.263. The fourth-order valence-corrected chi connectivity index (χ4v) is 2.57. The number of nitrogens with two attached hydrogens (primary N) is 1. The molecular formula is C19H23N3OS. The quantitative estimate of drug-likeness (QED) is 0.572. The van der Waals surface area contributed by atoms with E-state index in [-0.39, 0.29) is 5.91 Å². The number of carbonyl (C=O) groups is 1. The molecule has 0 aliphatic heterocycles. The molecule has 2 rings (SSSR count). The van der Waals surface area contributed by atoms with E-state index in [2.05, 4.69) is 29.4 Å². The molecule has 0 saturated heterocycles. The molecule has 0 heterocycles. The van der Waals surface area contributed by atoms with Crippen LogP contribution in [0.4, 0.5) is 0 Å². The van der Waals surface area contributed by atoms with Crippen LogP contribution in [0.5, 0.6) is 0 Å². The molecule has 0 aliphatic carbocycles. The van der Waals surface area contributed by atoms with E-state index >= 15 is 0 Å². The van der Waals surface area contributed by atoms with Gasteiger partial charge in [-0.15, -0.1) is 0 Å². The molecule has 24 heavy (non-hydrogen) atoms. The molecule has 3 N–H and O–H groups in total. The highest BCUT2D eigenvalue weighted by Gasteiger charge is 2.07. The highest BCUT2D eigenvalue weighted by Crippen LogP contribution is 2.06. The van der Waals surface area contributed by atoms with E-state index < -0.39 is 0 Å². The van der Waals surface area contributed by atoms with Crippen molar-refractivity contribution in [1.82, 2.24) is 10.2 Å². The van der Waals surface area contributed by atoms with Gasteiger partial charge in [0.15, 0.2) is 0 Å². The summed E-state index contributed by atoms with van der Waals surface area (Å²) in [6, 6.07) is 17.4. The molecule has 0 bridgehead atoms. The van der Waals surface area contributed by atoms with Gasteiger partial charge in [0.05, 0.1) is 0 Å². The minimum atomic E-state index is -0.0983. The number of hydrogen-bond donors (Lipinski definition) is 2. The molecule has 0 radical (unpaired) electrons. The smallest absolute Gasteiger partial charge is 0.251 e. The van der Waals surface area contributed by atoms with Crippen LogP contribution in [0.25, 0.3) is 0 Å². The summed E-state index contributed by atoms with van der Waals surface area (Å²) in [4.78, 5) is 14.7. The first-order valence-electron chi connectivity index (χ1n) is 7.97. The first-order chi connectivity index (χ1) is 11.6. The number of amides is 1. The van der Waals surface area contributed by atoms with E-state index in [0.717, 1.165) is 19.5 Å². The Kier molecular flexibility index (Phi) is 6.90. The normalized spacial score (nSPS) is 10.6. The average Bonchev–Trinajstić information content (AvgIpc) is 2.59. The monoisotopic (exact) mass is 341 g/mol. The van der Waals surface area contributed by atoms with Crippen molar-refractivity contribution < 1.29 is 4.79 Å². The van der Waals surface area contributed by atoms with E-state index in [1.165, 1.54) is 5.56 Å². The summed E-state index contributed by atoms with van der Waals surface area (Å²) in [5, 5.41) is 2.93. The zero-order valence-electron chi connectivity index (χ0n) is 13.9. The number of benzene rings is 2. The summed E-state index contributed by atoms with van der Waals surface area (Å²) in [7, 11) is 2.08. The predicted molar refractivity (Wildman–Crippen MR) is 102 cm³/mol. The van der Waals surface area contributed by atoms with Gasteiger partial charge in [0.25, 0.3) is 5.91 Å². The van der Waals surface area contributed by atoms with E-state index in [9.17, 15) is 4.79 Å². The van der Waals surface area contributed by atoms with Crippen molar-refractivity contribution in [3.63, 3.8) is 0 Å². The number of nitrogens with zero attached hydrogens (tertiary/aromatic N) is 1. The molecule has 0 aliphatic rings. The second-order valence-electron chi connectivity index (χ2n) is 5.78. The lowest BCUT2D eigenvalue weighted by Gasteiger charge is -2.16. The van der Waals surface area contributed by atoms with Gasteiger partial charge in [0, 0.05) is 24.2 Å². The van der Waals surface area contributed by atoms with Crippen LogP contribution in [0.15, 0.2) is 54.6 Å². The van der Waals surface area contributed by atoms with E-state index in [1.807, 2.05) is 18.2 Å². The van der Waals surface area contributed by atoms with Crippen molar-refractivity contribution in [2.45, 2.75) is 13.0 Å². The van der Waals surface area contributed by atoms with Crippen LogP contribution in [0.1, 0.15) is 27.9 Å². The molecule has 0 unspecified atom stereocenters. The zero-order chi connectivity index (χ0) is 17.4. The van der Waals surface area contributed by atoms with Crippen LogP contribution in [0.2, 0.25) is 0 Å². The summed E-state index contributed by atoms with van der Waals surface area (Å²) in [5.74, 6) is -0.0983. The Morgan fingerprint density at radius 2 is 1.83 bits per heavy atom. The first-order valence-corrected chi connectivity index (χ1v) is 8.37. The van der Waals surface area contributed by atoms with Crippen molar-refractivity contribution in [3.05, 3.63) is 71.3 Å². The Morgan fingerprint density at radius 1 is 1.12 bits per heavy atom. The van der Waals surface area contributed by atoms with Gasteiger partial charge in [-0.25, -0.2) is 0 Å². The number of thiocarbonyl (C=S) groups is 1. The summed E-state index contributed by atoms with van der Waals surface area (Å²) in [6.45, 7) is 2.46. The minimum absolute atomic E-state index is 0.0983. The second kappa shape index (κ2) is 9.15. The van der Waals surface area contributed by atoms with Crippen LogP contribution in [-0.2, 0) is 6.54 Å². The first kappa shape index (κ1) is 18.1. The maximum absolute atomic E-state index is 12.1. The van der Waals surface area contributed by atoms with Crippen molar-refractivity contribution in [2.24, 2.45) is 5.73 Å². The molecule has 0 fully saturated rings. The van der Waals surface area contributed by atoms with Gasteiger partial charge in [-0.1, -0.05) is 54.7 Å². The molecule has 2 aromatic rings. The molecule has 5 heteroatoms. The molecule has 2 aromatic carbocycles. The van der Waals surface area contributed by atoms with Crippen LogP contribution < -0.4 is 11.1 Å². The van der Waals surface area contributed by atoms with E-state index in [1.54, 1.807) is 24.3 Å². The van der Waals surface area contributed by atoms with Gasteiger partial charge in [0.1, 0.15) is 4.99 Å². The Morgan fingerprint density at radius 3 is 2.54 bits per heavy atom. The van der Waals surface area contributed by atoms with Gasteiger partial charge in [-0.2, -0.15) is 0 Å². The summed E-state index contributed by atoms with van der Waals surface area (Å²) in [6.07, 6.45) is 0.893. The molecule has 1 amide bonds. The van der Waals surface area contributed by atoms with Gasteiger partial charge in [-0.05, 0) is 37.7 Å². The molecule has 0 saturated carbocycles. The zero-order valence-corrected chi connectivity index (χ0v) is 14.7. The number of hydrogen-bond acceptors (Lipinski definition) is 3. The van der Waals surface area contributed by atoms with Crippen molar-refractivity contribution >= 4 is 23.1 Å². The van der Waals surface area contributed by atoms with E-state index in [4.69, 9.17) is 18.0 Å². The summed E-state index contributed by atoms with van der Waals surface area (Å²) in [5.41, 5.74) is 8.18. The lowest BCUT2D eigenvalue weighted by Crippen LogP contribution is -2.28. The number of rotatable bonds is 8. The maximum atomic E-state index is 12.1.